The van der Waals surface area contributed by atoms with E-state index in [9.17, 15) is 8.76 Å². The zero-order valence-electron chi connectivity index (χ0n) is 28.5. The van der Waals surface area contributed by atoms with Gasteiger partial charge in [-0.25, -0.2) is 9.47 Å². The number of nitrogens with zero attached hydrogens (tertiary/aromatic N) is 2. The van der Waals surface area contributed by atoms with E-state index in [0.717, 1.165) is 74.2 Å². The molecule has 1 unspecified atom stereocenters. The van der Waals surface area contributed by atoms with Crippen LogP contribution in [0.5, 0.6) is 0 Å². The van der Waals surface area contributed by atoms with Gasteiger partial charge in [-0.2, -0.15) is 8.91 Å². The molecule has 6 nitrogen and oxygen atoms in total. The van der Waals surface area contributed by atoms with Crippen LogP contribution in [0.25, 0.3) is 21.5 Å². The van der Waals surface area contributed by atoms with E-state index in [1.54, 1.807) is 12.1 Å². The predicted molar refractivity (Wildman–Crippen MR) is 204 cm³/mol. The summed E-state index contributed by atoms with van der Waals surface area (Å²) in [6.07, 6.45) is 11.7. The molecule has 252 valence electrons. The van der Waals surface area contributed by atoms with Crippen molar-refractivity contribution in [3.8, 4) is 0 Å². The summed E-state index contributed by atoms with van der Waals surface area (Å²) < 4.78 is 27.9. The van der Waals surface area contributed by atoms with E-state index in [1.807, 2.05) is 24.3 Å². The Bertz CT molecular complexity index is 2250. The number of likely N-dealkylation sites (N-methyl/N-ethyl adjacent to an activating group) is 1. The van der Waals surface area contributed by atoms with Crippen molar-refractivity contribution in [3.63, 3.8) is 0 Å². The van der Waals surface area contributed by atoms with Gasteiger partial charge in [0.2, 0.25) is 5.69 Å². The van der Waals surface area contributed by atoms with Crippen molar-refractivity contribution in [3.05, 3.63) is 118 Å². The maximum atomic E-state index is 11.7. The second kappa shape index (κ2) is 12.7. The summed E-state index contributed by atoms with van der Waals surface area (Å²) >= 11 is 6.09. The molecule has 4 aromatic rings. The van der Waals surface area contributed by atoms with E-state index in [0.29, 0.717) is 4.90 Å². The van der Waals surface area contributed by atoms with Gasteiger partial charge in [-0.05, 0) is 114 Å². The first kappa shape index (κ1) is 34.0. The number of hydrogen-bond donors (Lipinski definition) is 2. The second-order valence-electron chi connectivity index (χ2n) is 14.1. The first-order chi connectivity index (χ1) is 23.3. The summed E-state index contributed by atoms with van der Waals surface area (Å²) in [6.45, 7) is 9.03. The molecule has 9 heteroatoms. The zero-order valence-corrected chi connectivity index (χ0v) is 30.9. The Morgan fingerprint density at radius 2 is 1.63 bits per heavy atom. The maximum absolute atomic E-state index is 11.7. The lowest BCUT2D eigenvalue weighted by Crippen LogP contribution is -2.27. The maximum Gasteiger partial charge on any atom is 0.210 e. The standard InChI is InChI=1S/C40H39ClN2O4S2/c1-39(2)34(42(5)32-18-10-26-22-28(48-47-44)14-16-30(26)36(32)39)20-12-24-8-7-9-25(38(24)41)13-21-35-40(3,4)37-31-17-15-29(49(45)46)23-27(31)11-19-33(37)43(35)6/h10-23H,7-9H2,1-6H3,(H-,44,45,46)/p+1. The largest absolute Gasteiger partial charge is 0.347 e. The van der Waals surface area contributed by atoms with Crippen LogP contribution in [-0.2, 0) is 26.2 Å². The first-order valence-electron chi connectivity index (χ1n) is 16.4. The molecule has 7 rings (SSSR count). The molecule has 49 heavy (non-hydrogen) atoms. The third kappa shape index (κ3) is 5.63. The van der Waals surface area contributed by atoms with Gasteiger partial charge in [-0.15, -0.1) is 0 Å². The van der Waals surface area contributed by atoms with E-state index >= 15 is 0 Å². The lowest BCUT2D eigenvalue weighted by molar-refractivity contribution is -0.401. The lowest BCUT2D eigenvalue weighted by atomic mass is 9.78. The second-order valence-corrected chi connectivity index (χ2v) is 16.3. The van der Waals surface area contributed by atoms with Crippen molar-refractivity contribution in [1.82, 2.24) is 0 Å². The molecule has 0 amide bonds. The normalized spacial score (nSPS) is 20.8. The third-order valence-electron chi connectivity index (χ3n) is 10.6. The fraction of sp³-hybridized carbons (Fsp3) is 0.275. The van der Waals surface area contributed by atoms with Gasteiger partial charge in [0.1, 0.15) is 7.05 Å². The Morgan fingerprint density at radius 1 is 0.918 bits per heavy atom. The number of allylic oxidation sites excluding steroid dienone is 8. The third-order valence-corrected chi connectivity index (χ3v) is 12.3. The molecule has 0 bridgehead atoms. The van der Waals surface area contributed by atoms with Crippen LogP contribution in [0, 0.1) is 0 Å². The molecular formula is C40H40ClN2O4S2+. The molecule has 2 N–H and O–H groups in total. The SMILES string of the molecule is CN1/C(=C/C=C2\CCCC(/C=C/C3=[N+](C)c4ccc5cc(S(=O)O)ccc5c4C3(C)C)=C2Cl)C(C)(C)c2c1ccc1cc(SOO)ccc21. The fourth-order valence-corrected chi connectivity index (χ4v) is 9.34. The van der Waals surface area contributed by atoms with Gasteiger partial charge >= 0.3 is 0 Å². The highest BCUT2D eigenvalue weighted by atomic mass is 35.5. The van der Waals surface area contributed by atoms with Gasteiger partial charge in [-0.1, -0.05) is 55.8 Å². The fourth-order valence-electron chi connectivity index (χ4n) is 8.23. The Hall–Kier alpha value is -3.50. The summed E-state index contributed by atoms with van der Waals surface area (Å²) in [4.78, 5) is 3.54. The molecular weight excluding hydrogens is 672 g/mol. The van der Waals surface area contributed by atoms with Gasteiger partial charge in [0.25, 0.3) is 0 Å². The number of rotatable bonds is 6. The molecule has 0 saturated heterocycles. The number of halogens is 1. The van der Waals surface area contributed by atoms with Gasteiger partial charge < -0.3 is 9.45 Å². The molecule has 2 aliphatic heterocycles. The van der Waals surface area contributed by atoms with Crippen LogP contribution >= 0.6 is 23.6 Å². The summed E-state index contributed by atoms with van der Waals surface area (Å²) in [5.41, 5.74) is 8.98. The Labute approximate surface area is 299 Å². The summed E-state index contributed by atoms with van der Waals surface area (Å²) in [5.74, 6) is 0. The topological polar surface area (TPSA) is 73.0 Å². The average Bonchev–Trinajstić information content (AvgIpc) is 3.40. The van der Waals surface area contributed by atoms with Crippen molar-refractivity contribution in [2.24, 2.45) is 0 Å². The lowest BCUT2D eigenvalue weighted by Gasteiger charge is -2.25. The van der Waals surface area contributed by atoms with Gasteiger partial charge in [-0.3, -0.25) is 0 Å². The molecule has 0 spiro atoms. The van der Waals surface area contributed by atoms with E-state index in [4.69, 9.17) is 16.9 Å². The highest BCUT2D eigenvalue weighted by Crippen LogP contribution is 2.51. The summed E-state index contributed by atoms with van der Waals surface area (Å²) in [7, 11) is 4.23. The van der Waals surface area contributed by atoms with E-state index in [-0.39, 0.29) is 10.8 Å². The van der Waals surface area contributed by atoms with E-state index in [1.165, 1.54) is 33.6 Å². The summed E-state index contributed by atoms with van der Waals surface area (Å²) in [5, 5.41) is 14.1. The van der Waals surface area contributed by atoms with E-state index < -0.39 is 11.1 Å². The number of benzene rings is 4. The van der Waals surface area contributed by atoms with Crippen molar-refractivity contribution in [1.29, 1.82) is 0 Å². The van der Waals surface area contributed by atoms with Crippen LogP contribution in [0.15, 0.2) is 117 Å². The van der Waals surface area contributed by atoms with Crippen molar-refractivity contribution >= 4 is 73.4 Å². The molecule has 1 aliphatic carbocycles. The van der Waals surface area contributed by atoms with Gasteiger partial charge in [0.15, 0.2) is 16.8 Å². The Kier molecular flexibility index (Phi) is 8.79. The van der Waals surface area contributed by atoms with Crippen LogP contribution in [0.3, 0.4) is 0 Å². The predicted octanol–water partition coefficient (Wildman–Crippen LogP) is 10.5. The van der Waals surface area contributed by atoms with E-state index in [2.05, 4.69) is 104 Å². The van der Waals surface area contributed by atoms with Crippen molar-refractivity contribution < 1.29 is 22.9 Å². The van der Waals surface area contributed by atoms with Crippen molar-refractivity contribution in [2.45, 2.75) is 67.6 Å². The smallest absolute Gasteiger partial charge is 0.210 e. The quantitative estimate of drug-likeness (QED) is 0.0682. The number of fused-ring (bicyclic) bond motifs is 6. The number of anilines is 1. The minimum Gasteiger partial charge on any atom is -0.347 e. The van der Waals surface area contributed by atoms with Crippen LogP contribution in [0.1, 0.15) is 58.1 Å². The van der Waals surface area contributed by atoms with Gasteiger partial charge in [0, 0.05) is 51.5 Å². The highest BCUT2D eigenvalue weighted by molar-refractivity contribution is 7.94. The van der Waals surface area contributed by atoms with Crippen LogP contribution in [0.4, 0.5) is 11.4 Å². The molecule has 4 aromatic carbocycles. The molecule has 0 radical (unpaired) electrons. The minimum atomic E-state index is -2.02. The summed E-state index contributed by atoms with van der Waals surface area (Å²) in [6, 6.07) is 20.1. The van der Waals surface area contributed by atoms with Gasteiger partial charge in [0.05, 0.1) is 22.4 Å². The number of hydrogen-bond acceptors (Lipinski definition) is 5. The molecule has 0 fully saturated rings. The van der Waals surface area contributed by atoms with Crippen LogP contribution in [0.2, 0.25) is 0 Å². The molecule has 0 aromatic heterocycles. The highest BCUT2D eigenvalue weighted by Gasteiger charge is 2.44. The van der Waals surface area contributed by atoms with Crippen LogP contribution in [-0.4, -0.2) is 38.4 Å². The Morgan fingerprint density at radius 3 is 2.39 bits per heavy atom. The molecule has 1 atom stereocenters. The minimum absolute atomic E-state index is 0.235. The van der Waals surface area contributed by atoms with Crippen LogP contribution < -0.4 is 4.90 Å². The average molecular weight is 712 g/mol. The molecule has 3 aliphatic rings. The zero-order chi connectivity index (χ0) is 34.8. The molecule has 2 heterocycles. The van der Waals surface area contributed by atoms with Crippen molar-refractivity contribution in [2.75, 3.05) is 19.0 Å². The Balaban J connectivity index is 1.20. The monoisotopic (exact) mass is 711 g/mol. The first-order valence-corrected chi connectivity index (χ1v) is 18.6. The molecule has 0 saturated carbocycles.